The number of carbonyl (C=O) groups excluding carboxylic acids is 2. The molecular formula is C41H43F6N7O5. The van der Waals surface area contributed by atoms with E-state index in [1.807, 2.05) is 4.90 Å². The van der Waals surface area contributed by atoms with E-state index in [1.54, 1.807) is 11.8 Å². The Balaban J connectivity index is 1.21. The normalized spacial score (nSPS) is 27.1. The largest absolute Gasteiger partial charge is 0.461 e. The third-order valence-corrected chi connectivity index (χ3v) is 12.3. The number of piperidine rings is 2. The number of benzene rings is 2. The van der Waals surface area contributed by atoms with Crippen molar-refractivity contribution in [1.29, 1.82) is 0 Å². The lowest BCUT2D eigenvalue weighted by Crippen LogP contribution is -2.60. The number of aromatic nitrogens is 3. The number of nitrogens with zero attached hydrogens (tertiary/aromatic N) is 6. The van der Waals surface area contributed by atoms with Crippen LogP contribution in [0.15, 0.2) is 30.5 Å². The average Bonchev–Trinajstić information content (AvgIpc) is 3.70. The summed E-state index contributed by atoms with van der Waals surface area (Å²) in [7, 11) is 0. The summed E-state index contributed by atoms with van der Waals surface area (Å²) in [4.78, 5) is 44.6. The van der Waals surface area contributed by atoms with Crippen LogP contribution < -0.4 is 19.7 Å². The highest BCUT2D eigenvalue weighted by Crippen LogP contribution is 2.43. The maximum absolute atomic E-state index is 17.5. The van der Waals surface area contributed by atoms with E-state index < -0.39 is 59.7 Å². The van der Waals surface area contributed by atoms with Crippen LogP contribution in [-0.2, 0) is 11.2 Å². The molecule has 2 aromatic heterocycles. The Bertz CT molecular complexity index is 2340. The van der Waals surface area contributed by atoms with Gasteiger partial charge in [-0.2, -0.15) is 9.97 Å². The second kappa shape index (κ2) is 14.9. The topological polar surface area (TPSA) is 122 Å². The zero-order valence-corrected chi connectivity index (χ0v) is 32.3. The number of amides is 2. The number of rotatable bonds is 4. The number of likely N-dealkylation sites (tertiary alicyclic amines) is 1. The van der Waals surface area contributed by atoms with Crippen molar-refractivity contribution in [3.8, 4) is 23.0 Å². The number of nitrogens with one attached hydrogen (secondary N) is 1. The summed E-state index contributed by atoms with van der Waals surface area (Å²) in [5.74, 6) is -4.77. The number of anilines is 1. The number of hydrogen-bond acceptors (Lipinski definition) is 10. The standard InChI is InChI=1S/C41H43F6N7O5/c1-39-15-24(42)18-53(20-39)35-29-17-48-33(32(45)34(29)49-36(50-35)58-22-40-8-3-11-54(40)19-25(43)16-40)28-14-26(59-38(56)52-10-4-9-41(46,47)21-52)13-23-6-7-30(44)27(31(23)28)5-2-12-57-37(55)51-39/h6-7,13-14,17,24-25H,2-5,8-12,15-16,18-22H2,1H3,(H,51,55)/t24-,25-,39-,40+/m1/s1. The van der Waals surface area contributed by atoms with Crippen molar-refractivity contribution < 1.29 is 50.1 Å². The molecule has 6 aliphatic rings. The molecule has 314 valence electrons. The lowest BCUT2D eigenvalue weighted by atomic mass is 9.90. The van der Waals surface area contributed by atoms with Crippen LogP contribution in [0.4, 0.5) is 41.7 Å². The van der Waals surface area contributed by atoms with Crippen molar-refractivity contribution in [2.75, 3.05) is 57.4 Å². The predicted molar refractivity (Wildman–Crippen MR) is 203 cm³/mol. The minimum atomic E-state index is -3.09. The molecule has 4 atom stereocenters. The van der Waals surface area contributed by atoms with Crippen LogP contribution in [0, 0.1) is 11.6 Å². The molecule has 10 rings (SSSR count). The number of ether oxygens (including phenoxy) is 3. The van der Waals surface area contributed by atoms with Gasteiger partial charge in [-0.25, -0.2) is 35.9 Å². The van der Waals surface area contributed by atoms with Crippen LogP contribution in [0.25, 0.3) is 32.9 Å². The number of fused-ring (bicyclic) bond motifs is 7. The third kappa shape index (κ3) is 7.52. The van der Waals surface area contributed by atoms with Crippen molar-refractivity contribution in [2.45, 2.75) is 87.6 Å². The van der Waals surface area contributed by atoms with E-state index in [-0.39, 0.29) is 129 Å². The van der Waals surface area contributed by atoms with Crippen molar-refractivity contribution in [3.63, 3.8) is 0 Å². The highest BCUT2D eigenvalue weighted by molar-refractivity contribution is 6.02. The lowest BCUT2D eigenvalue weighted by Gasteiger charge is -2.42. The van der Waals surface area contributed by atoms with Gasteiger partial charge in [-0.15, -0.1) is 0 Å². The second-order valence-electron chi connectivity index (χ2n) is 16.8. The zero-order valence-electron chi connectivity index (χ0n) is 32.3. The number of pyridine rings is 1. The van der Waals surface area contributed by atoms with Gasteiger partial charge in [-0.3, -0.25) is 9.88 Å². The number of carbonyl (C=O) groups is 2. The van der Waals surface area contributed by atoms with Crippen LogP contribution >= 0.6 is 0 Å². The van der Waals surface area contributed by atoms with E-state index in [0.717, 1.165) is 11.3 Å². The molecule has 0 aliphatic carbocycles. The summed E-state index contributed by atoms with van der Waals surface area (Å²) in [6.07, 6.45) is -1.45. The van der Waals surface area contributed by atoms with Crippen molar-refractivity contribution in [3.05, 3.63) is 47.7 Å². The zero-order chi connectivity index (χ0) is 41.3. The highest BCUT2D eigenvalue weighted by atomic mass is 19.3. The van der Waals surface area contributed by atoms with Gasteiger partial charge in [-0.1, -0.05) is 6.07 Å². The molecule has 2 amide bonds. The van der Waals surface area contributed by atoms with Gasteiger partial charge in [0, 0.05) is 50.7 Å². The van der Waals surface area contributed by atoms with Gasteiger partial charge >= 0.3 is 18.2 Å². The van der Waals surface area contributed by atoms with Crippen LogP contribution in [0.2, 0.25) is 0 Å². The summed E-state index contributed by atoms with van der Waals surface area (Å²) in [6.45, 7) is 1.58. The van der Waals surface area contributed by atoms with E-state index in [0.29, 0.717) is 18.4 Å². The number of alkyl halides is 4. The molecule has 6 bridgehead atoms. The van der Waals surface area contributed by atoms with E-state index in [9.17, 15) is 22.8 Å². The molecule has 12 nitrogen and oxygen atoms in total. The summed E-state index contributed by atoms with van der Waals surface area (Å²) in [6, 6.07) is 5.09. The molecule has 0 saturated carbocycles. The molecule has 4 fully saturated rings. The summed E-state index contributed by atoms with van der Waals surface area (Å²) >= 11 is 0. The fourth-order valence-electron chi connectivity index (χ4n) is 9.72. The number of halogens is 6. The third-order valence-electron chi connectivity index (χ3n) is 12.3. The molecule has 18 heteroatoms. The Kier molecular flexibility index (Phi) is 9.90. The maximum Gasteiger partial charge on any atom is 0.415 e. The molecule has 4 saturated heterocycles. The van der Waals surface area contributed by atoms with Gasteiger partial charge in [-0.05, 0) is 80.1 Å². The van der Waals surface area contributed by atoms with E-state index in [2.05, 4.69) is 20.3 Å². The van der Waals surface area contributed by atoms with Gasteiger partial charge in [0.25, 0.3) is 5.92 Å². The average molecular weight is 828 g/mol. The predicted octanol–water partition coefficient (Wildman–Crippen LogP) is 7.29. The van der Waals surface area contributed by atoms with E-state index >= 15 is 13.2 Å². The first kappa shape index (κ1) is 39.3. The fraction of sp³-hybridized carbons (Fsp3) is 0.537. The Hall–Kier alpha value is -5.13. The van der Waals surface area contributed by atoms with E-state index in [4.69, 9.17) is 14.2 Å². The Labute approximate surface area is 335 Å². The van der Waals surface area contributed by atoms with Crippen molar-refractivity contribution in [2.24, 2.45) is 0 Å². The van der Waals surface area contributed by atoms with Gasteiger partial charge in [0.05, 0.1) is 36.2 Å². The van der Waals surface area contributed by atoms with Crippen LogP contribution in [0.3, 0.4) is 0 Å². The molecule has 0 radical (unpaired) electrons. The smallest absolute Gasteiger partial charge is 0.415 e. The molecule has 4 aromatic rings. The molecule has 8 heterocycles. The first-order valence-corrected chi connectivity index (χ1v) is 20.0. The Morgan fingerprint density at radius 3 is 2.66 bits per heavy atom. The molecule has 0 spiro atoms. The van der Waals surface area contributed by atoms with Gasteiger partial charge in [0.15, 0.2) is 5.82 Å². The summed E-state index contributed by atoms with van der Waals surface area (Å²) < 4.78 is 110. The number of hydrogen-bond donors (Lipinski definition) is 1. The quantitative estimate of drug-likeness (QED) is 0.210. The summed E-state index contributed by atoms with van der Waals surface area (Å²) in [5.41, 5.74) is -2.22. The molecule has 6 aliphatic heterocycles. The molecular weight excluding hydrogens is 784 g/mol. The first-order chi connectivity index (χ1) is 28.2. The van der Waals surface area contributed by atoms with Crippen molar-refractivity contribution in [1.82, 2.24) is 30.1 Å². The number of alkyl carbamates (subject to hydrolysis) is 1. The fourth-order valence-corrected chi connectivity index (χ4v) is 9.72. The Morgan fingerprint density at radius 1 is 1.02 bits per heavy atom. The van der Waals surface area contributed by atoms with Gasteiger partial charge in [0.2, 0.25) is 0 Å². The monoisotopic (exact) mass is 827 g/mol. The van der Waals surface area contributed by atoms with Gasteiger partial charge < -0.3 is 29.3 Å². The first-order valence-electron chi connectivity index (χ1n) is 20.0. The van der Waals surface area contributed by atoms with Gasteiger partial charge in [0.1, 0.15) is 47.5 Å². The molecule has 2 aromatic carbocycles. The molecule has 0 unspecified atom stereocenters. The molecule has 1 N–H and O–H groups in total. The summed E-state index contributed by atoms with van der Waals surface area (Å²) in [5, 5.41) is 3.40. The maximum atomic E-state index is 17.5. The van der Waals surface area contributed by atoms with Crippen LogP contribution in [0.5, 0.6) is 11.8 Å². The second-order valence-corrected chi connectivity index (χ2v) is 16.8. The lowest BCUT2D eigenvalue weighted by molar-refractivity contribution is -0.0565. The minimum Gasteiger partial charge on any atom is -0.461 e. The highest BCUT2D eigenvalue weighted by Gasteiger charge is 2.49. The SMILES string of the molecule is C[C@@]12C[C@@H](F)CN(C1)c1nc(OC[C@@]34CCCN3C[C@H](F)C4)nc3c(F)c(ncc13)-c1cc(OC(=O)N3CCCC(F)(F)C3)cc3ccc(F)c(c13)CCCOC(=O)N2. The van der Waals surface area contributed by atoms with Crippen molar-refractivity contribution >= 4 is 39.7 Å². The van der Waals surface area contributed by atoms with Crippen LogP contribution in [-0.4, -0.2) is 119 Å². The van der Waals surface area contributed by atoms with Crippen LogP contribution in [0.1, 0.15) is 57.4 Å². The number of aryl methyl sites for hydroxylation is 1. The van der Waals surface area contributed by atoms with E-state index in [1.165, 1.54) is 30.5 Å². The minimum absolute atomic E-state index is 0.00332. The Morgan fingerprint density at radius 2 is 1.83 bits per heavy atom. The molecule has 59 heavy (non-hydrogen) atoms.